The zero-order valence-electron chi connectivity index (χ0n) is 9.00. The molecule has 4 nitrogen and oxygen atoms in total. The quantitative estimate of drug-likeness (QED) is 0.735. The molecule has 0 saturated heterocycles. The minimum Gasteiger partial charge on any atom is -0.388 e. The van der Waals surface area contributed by atoms with Crippen molar-refractivity contribution in [1.29, 1.82) is 0 Å². The number of amides is 1. The molecule has 0 fully saturated rings. The van der Waals surface area contributed by atoms with Crippen LogP contribution in [0.3, 0.4) is 0 Å². The van der Waals surface area contributed by atoms with E-state index in [2.05, 4.69) is 21.2 Å². The Balaban J connectivity index is 2.65. The SMILES string of the molecule is CNC(=O)c1cc2c(c(F)c1Br)C(O)CC2O. The summed E-state index contributed by atoms with van der Waals surface area (Å²) in [5, 5.41) is 21.7. The average Bonchev–Trinajstić information content (AvgIpc) is 2.58. The third-order valence-electron chi connectivity index (χ3n) is 2.89. The molecule has 17 heavy (non-hydrogen) atoms. The highest BCUT2D eigenvalue weighted by atomic mass is 79.9. The Morgan fingerprint density at radius 2 is 2.18 bits per heavy atom. The van der Waals surface area contributed by atoms with Gasteiger partial charge >= 0.3 is 0 Å². The molecule has 0 radical (unpaired) electrons. The van der Waals surface area contributed by atoms with Gasteiger partial charge in [-0.15, -0.1) is 0 Å². The van der Waals surface area contributed by atoms with E-state index in [4.69, 9.17) is 0 Å². The number of carbonyl (C=O) groups excluding carboxylic acids is 1. The fourth-order valence-electron chi connectivity index (χ4n) is 2.03. The number of hydrogen-bond acceptors (Lipinski definition) is 3. The molecular formula is C11H11BrFNO3. The van der Waals surface area contributed by atoms with Crippen LogP contribution in [-0.2, 0) is 0 Å². The molecule has 1 amide bonds. The predicted molar refractivity (Wildman–Crippen MR) is 62.0 cm³/mol. The molecule has 0 saturated carbocycles. The lowest BCUT2D eigenvalue weighted by Crippen LogP contribution is -2.19. The molecule has 1 aliphatic rings. The largest absolute Gasteiger partial charge is 0.388 e. The third kappa shape index (κ3) is 1.86. The lowest BCUT2D eigenvalue weighted by Gasteiger charge is -2.11. The number of rotatable bonds is 1. The van der Waals surface area contributed by atoms with Crippen molar-refractivity contribution < 1.29 is 19.4 Å². The van der Waals surface area contributed by atoms with Crippen molar-refractivity contribution in [2.24, 2.45) is 0 Å². The van der Waals surface area contributed by atoms with Gasteiger partial charge in [-0.05, 0) is 27.6 Å². The van der Waals surface area contributed by atoms with E-state index in [1.165, 1.54) is 13.1 Å². The molecule has 2 atom stereocenters. The standard InChI is InChI=1S/C11H11BrFNO3/c1-14-11(17)5-2-4-6(15)3-7(16)8(4)10(13)9(5)12/h2,6-7,15-16H,3H2,1H3,(H,14,17). The van der Waals surface area contributed by atoms with Gasteiger partial charge in [-0.3, -0.25) is 4.79 Å². The second-order valence-electron chi connectivity index (χ2n) is 3.90. The summed E-state index contributed by atoms with van der Waals surface area (Å²) in [7, 11) is 1.44. The molecule has 0 aliphatic heterocycles. The second kappa shape index (κ2) is 4.36. The number of nitrogens with one attached hydrogen (secondary N) is 1. The first-order chi connectivity index (χ1) is 7.97. The second-order valence-corrected chi connectivity index (χ2v) is 4.69. The Morgan fingerprint density at radius 3 is 2.76 bits per heavy atom. The molecule has 0 bridgehead atoms. The maximum atomic E-state index is 14.0. The lowest BCUT2D eigenvalue weighted by atomic mass is 10.0. The van der Waals surface area contributed by atoms with Crippen LogP contribution in [0.5, 0.6) is 0 Å². The Bertz CT molecular complexity index is 492. The summed E-state index contributed by atoms with van der Waals surface area (Å²) in [4.78, 5) is 11.5. The van der Waals surface area contributed by atoms with E-state index in [9.17, 15) is 19.4 Å². The zero-order chi connectivity index (χ0) is 12.7. The first kappa shape index (κ1) is 12.5. The van der Waals surface area contributed by atoms with Gasteiger partial charge in [0.25, 0.3) is 5.91 Å². The van der Waals surface area contributed by atoms with Crippen LogP contribution in [-0.4, -0.2) is 23.2 Å². The van der Waals surface area contributed by atoms with Gasteiger partial charge in [0, 0.05) is 19.0 Å². The summed E-state index contributed by atoms with van der Waals surface area (Å²) < 4.78 is 14.0. The first-order valence-corrected chi connectivity index (χ1v) is 5.86. The average molecular weight is 304 g/mol. The van der Waals surface area contributed by atoms with Gasteiger partial charge in [-0.2, -0.15) is 0 Å². The number of aliphatic hydroxyl groups is 2. The van der Waals surface area contributed by atoms with Crippen LogP contribution < -0.4 is 5.32 Å². The molecule has 1 aromatic rings. The monoisotopic (exact) mass is 303 g/mol. The molecule has 2 unspecified atom stereocenters. The summed E-state index contributed by atoms with van der Waals surface area (Å²) in [6.45, 7) is 0. The van der Waals surface area contributed by atoms with E-state index in [-0.39, 0.29) is 27.6 Å². The van der Waals surface area contributed by atoms with Gasteiger partial charge in [0.2, 0.25) is 0 Å². The van der Waals surface area contributed by atoms with Crippen LogP contribution in [0.2, 0.25) is 0 Å². The van der Waals surface area contributed by atoms with Crippen LogP contribution >= 0.6 is 15.9 Å². The van der Waals surface area contributed by atoms with Crippen molar-refractivity contribution in [2.75, 3.05) is 7.05 Å². The summed E-state index contributed by atoms with van der Waals surface area (Å²) in [6, 6.07) is 1.40. The van der Waals surface area contributed by atoms with Gasteiger partial charge in [0.1, 0.15) is 5.82 Å². The normalized spacial score (nSPS) is 22.4. The summed E-state index contributed by atoms with van der Waals surface area (Å²) >= 11 is 2.99. The predicted octanol–water partition coefficient (Wildman–Crippen LogP) is 1.42. The Morgan fingerprint density at radius 1 is 1.53 bits per heavy atom. The Hall–Kier alpha value is -0.980. The molecule has 1 aromatic carbocycles. The smallest absolute Gasteiger partial charge is 0.252 e. The number of carbonyl (C=O) groups is 1. The van der Waals surface area contributed by atoms with Crippen molar-refractivity contribution in [3.05, 3.63) is 33.0 Å². The van der Waals surface area contributed by atoms with E-state index in [0.29, 0.717) is 0 Å². The third-order valence-corrected chi connectivity index (χ3v) is 3.66. The van der Waals surface area contributed by atoms with Crippen LogP contribution in [0.4, 0.5) is 4.39 Å². The number of halogens is 2. The minimum atomic E-state index is -1.03. The highest BCUT2D eigenvalue weighted by Crippen LogP contribution is 2.43. The maximum Gasteiger partial charge on any atom is 0.252 e. The molecule has 0 spiro atoms. The fourth-order valence-corrected chi connectivity index (χ4v) is 2.54. The van der Waals surface area contributed by atoms with Crippen LogP contribution in [0.1, 0.15) is 40.1 Å². The molecule has 0 aromatic heterocycles. The van der Waals surface area contributed by atoms with Crippen molar-refractivity contribution in [3.8, 4) is 0 Å². The topological polar surface area (TPSA) is 69.6 Å². The number of hydrogen-bond donors (Lipinski definition) is 3. The molecule has 0 heterocycles. The van der Waals surface area contributed by atoms with Crippen LogP contribution in [0.15, 0.2) is 10.5 Å². The highest BCUT2D eigenvalue weighted by molar-refractivity contribution is 9.10. The van der Waals surface area contributed by atoms with E-state index in [1.807, 2.05) is 0 Å². The fraction of sp³-hybridized carbons (Fsp3) is 0.364. The number of fused-ring (bicyclic) bond motifs is 1. The van der Waals surface area contributed by atoms with E-state index >= 15 is 0 Å². The van der Waals surface area contributed by atoms with E-state index < -0.39 is 23.9 Å². The van der Waals surface area contributed by atoms with Crippen LogP contribution in [0, 0.1) is 5.82 Å². The lowest BCUT2D eigenvalue weighted by molar-refractivity contribution is 0.0961. The molecule has 2 rings (SSSR count). The molecule has 92 valence electrons. The van der Waals surface area contributed by atoms with Gasteiger partial charge in [0.15, 0.2) is 0 Å². The van der Waals surface area contributed by atoms with Gasteiger partial charge < -0.3 is 15.5 Å². The minimum absolute atomic E-state index is 0.00347. The highest BCUT2D eigenvalue weighted by Gasteiger charge is 2.34. The molecule has 6 heteroatoms. The zero-order valence-corrected chi connectivity index (χ0v) is 10.6. The number of aliphatic hydroxyl groups excluding tert-OH is 2. The van der Waals surface area contributed by atoms with Crippen molar-refractivity contribution >= 4 is 21.8 Å². The maximum absolute atomic E-state index is 14.0. The van der Waals surface area contributed by atoms with Crippen molar-refractivity contribution in [1.82, 2.24) is 5.32 Å². The summed E-state index contributed by atoms with van der Waals surface area (Å²) in [5.74, 6) is -1.14. The summed E-state index contributed by atoms with van der Waals surface area (Å²) in [6.07, 6.45) is -1.92. The van der Waals surface area contributed by atoms with E-state index in [1.54, 1.807) is 0 Å². The molecular weight excluding hydrogens is 293 g/mol. The van der Waals surface area contributed by atoms with E-state index in [0.717, 1.165) is 0 Å². The van der Waals surface area contributed by atoms with Crippen molar-refractivity contribution in [2.45, 2.75) is 18.6 Å². The van der Waals surface area contributed by atoms with Crippen molar-refractivity contribution in [3.63, 3.8) is 0 Å². The van der Waals surface area contributed by atoms with Gasteiger partial charge in [-0.25, -0.2) is 4.39 Å². The Kier molecular flexibility index (Phi) is 3.20. The number of benzene rings is 1. The summed E-state index contributed by atoms with van der Waals surface area (Å²) in [5.41, 5.74) is 0.450. The van der Waals surface area contributed by atoms with Crippen LogP contribution in [0.25, 0.3) is 0 Å². The van der Waals surface area contributed by atoms with Gasteiger partial charge in [0.05, 0.1) is 22.2 Å². The Labute approximate surface area is 106 Å². The molecule has 1 aliphatic carbocycles. The first-order valence-electron chi connectivity index (χ1n) is 5.07. The molecule has 3 N–H and O–H groups in total. The van der Waals surface area contributed by atoms with Gasteiger partial charge in [-0.1, -0.05) is 0 Å².